The van der Waals surface area contributed by atoms with E-state index in [1.54, 1.807) is 6.07 Å². The van der Waals surface area contributed by atoms with Gasteiger partial charge in [0.2, 0.25) is 0 Å². The van der Waals surface area contributed by atoms with Crippen molar-refractivity contribution in [2.75, 3.05) is 0 Å². The molecule has 0 aliphatic heterocycles. The van der Waals surface area contributed by atoms with E-state index >= 15 is 0 Å². The molecule has 24 heavy (non-hydrogen) atoms. The van der Waals surface area contributed by atoms with Gasteiger partial charge in [-0.25, -0.2) is 0 Å². The minimum atomic E-state index is 0.644. The van der Waals surface area contributed by atoms with Crippen molar-refractivity contribution in [2.45, 2.75) is 0 Å². The van der Waals surface area contributed by atoms with Crippen LogP contribution in [0.25, 0.3) is 10.9 Å². The van der Waals surface area contributed by atoms with Crippen molar-refractivity contribution < 1.29 is 0 Å². The van der Waals surface area contributed by atoms with E-state index in [-0.39, 0.29) is 0 Å². The summed E-state index contributed by atoms with van der Waals surface area (Å²) in [5.41, 5.74) is 10.8. The van der Waals surface area contributed by atoms with Crippen LogP contribution in [0.1, 0.15) is 0 Å². The zero-order valence-electron chi connectivity index (χ0n) is 12.8. The Bertz CT molecular complexity index is 748. The Balaban J connectivity index is 1.59. The van der Waals surface area contributed by atoms with Gasteiger partial charge in [-0.1, -0.05) is 84.9 Å². The monoisotopic (exact) mass is 314 g/mol. The first-order valence-electron chi connectivity index (χ1n) is 7.34. The van der Waals surface area contributed by atoms with Gasteiger partial charge in [0, 0.05) is 0 Å². The van der Waals surface area contributed by atoms with Crippen LogP contribution in [0.4, 0.5) is 22.7 Å². The summed E-state index contributed by atoms with van der Waals surface area (Å²) in [4.78, 5) is 0. The first-order chi connectivity index (χ1) is 11.9. The lowest BCUT2D eigenvalue weighted by Crippen LogP contribution is -1.67. The molecule has 0 amide bonds. The van der Waals surface area contributed by atoms with E-state index in [0.717, 1.165) is 11.4 Å². The molecule has 0 unspecified atom stereocenters. The maximum atomic E-state index is 4.05. The minimum absolute atomic E-state index is 0.644. The smallest absolute Gasteiger partial charge is 0.0251 e. The van der Waals surface area contributed by atoms with Gasteiger partial charge in [0.15, 0.2) is 0 Å². The summed E-state index contributed by atoms with van der Waals surface area (Å²) in [6.45, 7) is 0. The Morgan fingerprint density at radius 2 is 0.958 bits per heavy atom. The van der Waals surface area contributed by atoms with Crippen molar-refractivity contribution in [2.24, 2.45) is 20.7 Å². The molecule has 0 bridgehead atoms. The van der Waals surface area contributed by atoms with Crippen LogP contribution < -0.4 is 0 Å². The van der Waals surface area contributed by atoms with E-state index in [1.165, 1.54) is 0 Å². The Kier molecular flexibility index (Phi) is 5.24. The Labute approximate surface area is 139 Å². The van der Waals surface area contributed by atoms with Gasteiger partial charge in [-0.15, -0.1) is 0 Å². The zero-order valence-corrected chi connectivity index (χ0v) is 12.8. The molecule has 0 aliphatic rings. The summed E-state index contributed by atoms with van der Waals surface area (Å²) < 4.78 is 0. The fourth-order valence-electron chi connectivity index (χ4n) is 1.86. The SMILES string of the molecule is c1ccc([N-]N=Nc2cccc(N=N[N-]c3ccccc3)c2)cc1. The first kappa shape index (κ1) is 15.4. The van der Waals surface area contributed by atoms with Gasteiger partial charge in [-0.2, -0.15) is 0 Å². The highest BCUT2D eigenvalue weighted by Gasteiger charge is 1.84. The molecule has 6 nitrogen and oxygen atoms in total. The van der Waals surface area contributed by atoms with Gasteiger partial charge < -0.3 is 21.1 Å². The summed E-state index contributed by atoms with van der Waals surface area (Å²) in [5.74, 6) is 0. The third-order valence-corrected chi connectivity index (χ3v) is 2.98. The summed E-state index contributed by atoms with van der Waals surface area (Å²) in [7, 11) is 0. The van der Waals surface area contributed by atoms with Gasteiger partial charge in [0.1, 0.15) is 0 Å². The molecule has 0 fully saturated rings. The first-order valence-corrected chi connectivity index (χ1v) is 7.34. The number of hydrogen-bond donors (Lipinski definition) is 0. The van der Waals surface area contributed by atoms with Gasteiger partial charge in [-0.3, -0.25) is 10.4 Å². The highest BCUT2D eigenvalue weighted by molar-refractivity contribution is 5.51. The Hall–Kier alpha value is -3.54. The van der Waals surface area contributed by atoms with Crippen molar-refractivity contribution >= 4 is 22.7 Å². The molecule has 0 saturated heterocycles. The van der Waals surface area contributed by atoms with Crippen LogP contribution in [0, 0.1) is 0 Å². The van der Waals surface area contributed by atoms with E-state index in [2.05, 4.69) is 31.5 Å². The highest BCUT2D eigenvalue weighted by atomic mass is 15.4. The summed E-state index contributed by atoms with van der Waals surface area (Å²) in [6.07, 6.45) is 0. The quantitative estimate of drug-likeness (QED) is 0.344. The molecule has 6 heteroatoms. The van der Waals surface area contributed by atoms with Crippen LogP contribution >= 0.6 is 0 Å². The fraction of sp³-hybridized carbons (Fsp3) is 0. The summed E-state index contributed by atoms with van der Waals surface area (Å²) in [5, 5.41) is 15.8. The standard InChI is InChI=1S/C18H14N6/c1-3-8-15(9-4-1)19-23-21-17-12-7-13-18(14-17)22-24-20-16-10-5-2-6-11-16/h1-14H/q-2. The van der Waals surface area contributed by atoms with Crippen molar-refractivity contribution in [3.63, 3.8) is 0 Å². The molecule has 0 saturated carbocycles. The van der Waals surface area contributed by atoms with E-state index in [4.69, 9.17) is 0 Å². The molecule has 0 atom stereocenters. The van der Waals surface area contributed by atoms with Crippen LogP contribution in [-0.4, -0.2) is 0 Å². The lowest BCUT2D eigenvalue weighted by Gasteiger charge is -2.09. The average Bonchev–Trinajstić information content (AvgIpc) is 2.64. The molecular formula is C18H14N6-2. The third kappa shape index (κ3) is 4.74. The molecule has 0 heterocycles. The highest BCUT2D eigenvalue weighted by Crippen LogP contribution is 2.25. The predicted octanol–water partition coefficient (Wildman–Crippen LogP) is 7.09. The van der Waals surface area contributed by atoms with Gasteiger partial charge in [0.05, 0.1) is 0 Å². The third-order valence-electron chi connectivity index (χ3n) is 2.98. The normalized spacial score (nSPS) is 11.0. The minimum Gasteiger partial charge on any atom is -0.350 e. The van der Waals surface area contributed by atoms with E-state index in [1.807, 2.05) is 78.9 Å². The molecule has 3 aromatic carbocycles. The van der Waals surface area contributed by atoms with Crippen molar-refractivity contribution in [3.8, 4) is 0 Å². The molecule has 118 valence electrons. The predicted molar refractivity (Wildman–Crippen MR) is 94.4 cm³/mol. The molecule has 0 aromatic heterocycles. The number of benzene rings is 3. The van der Waals surface area contributed by atoms with Crippen LogP contribution in [0.15, 0.2) is 106 Å². The van der Waals surface area contributed by atoms with Gasteiger partial charge >= 0.3 is 0 Å². The fourth-order valence-corrected chi connectivity index (χ4v) is 1.86. The molecule has 3 aromatic rings. The second-order valence-corrected chi connectivity index (χ2v) is 4.77. The van der Waals surface area contributed by atoms with E-state index in [9.17, 15) is 0 Å². The molecule has 0 spiro atoms. The zero-order chi connectivity index (χ0) is 16.5. The second kappa shape index (κ2) is 8.19. The number of nitrogens with zero attached hydrogens (tertiary/aromatic N) is 6. The number of hydrogen-bond acceptors (Lipinski definition) is 4. The average molecular weight is 314 g/mol. The van der Waals surface area contributed by atoms with Gasteiger partial charge in [0.25, 0.3) is 0 Å². The van der Waals surface area contributed by atoms with Gasteiger partial charge in [-0.05, 0) is 22.7 Å². The molecular weight excluding hydrogens is 300 g/mol. The van der Waals surface area contributed by atoms with Crippen molar-refractivity contribution in [1.82, 2.24) is 0 Å². The Morgan fingerprint density at radius 1 is 0.500 bits per heavy atom. The van der Waals surface area contributed by atoms with Crippen LogP contribution in [0.5, 0.6) is 0 Å². The second-order valence-electron chi connectivity index (χ2n) is 4.77. The topological polar surface area (TPSA) is 77.6 Å². The Morgan fingerprint density at radius 3 is 1.42 bits per heavy atom. The largest absolute Gasteiger partial charge is 0.350 e. The van der Waals surface area contributed by atoms with E-state index in [0.29, 0.717) is 11.4 Å². The van der Waals surface area contributed by atoms with Crippen LogP contribution in [0.2, 0.25) is 0 Å². The number of rotatable bonds is 6. The summed E-state index contributed by atoms with van der Waals surface area (Å²) >= 11 is 0. The van der Waals surface area contributed by atoms with Crippen molar-refractivity contribution in [1.29, 1.82) is 0 Å². The van der Waals surface area contributed by atoms with Crippen molar-refractivity contribution in [3.05, 3.63) is 95.8 Å². The van der Waals surface area contributed by atoms with Crippen LogP contribution in [-0.2, 0) is 0 Å². The molecule has 0 N–H and O–H groups in total. The maximum absolute atomic E-state index is 4.05. The molecule has 0 radical (unpaired) electrons. The molecule has 3 rings (SSSR count). The van der Waals surface area contributed by atoms with E-state index < -0.39 is 0 Å². The summed E-state index contributed by atoms with van der Waals surface area (Å²) in [6, 6.07) is 26.1. The lowest BCUT2D eigenvalue weighted by atomic mass is 10.3. The van der Waals surface area contributed by atoms with Crippen LogP contribution in [0.3, 0.4) is 0 Å². The lowest BCUT2D eigenvalue weighted by molar-refractivity contribution is 1.16. The maximum Gasteiger partial charge on any atom is -0.0251 e. The molecule has 0 aliphatic carbocycles.